The summed E-state index contributed by atoms with van der Waals surface area (Å²) >= 11 is 11.8. The Kier molecular flexibility index (Phi) is 4.65. The van der Waals surface area contributed by atoms with Crippen molar-refractivity contribution in [1.29, 1.82) is 0 Å². The van der Waals surface area contributed by atoms with Gasteiger partial charge in [0.15, 0.2) is 0 Å². The molecule has 3 heteroatoms. The molecular formula is C15H15Cl2N. The molecule has 2 aromatic rings. The van der Waals surface area contributed by atoms with Gasteiger partial charge in [-0.05, 0) is 48.9 Å². The smallest absolute Gasteiger partial charge is 0.0406 e. The fraction of sp³-hybridized carbons (Fsp3) is 0.200. The van der Waals surface area contributed by atoms with E-state index in [1.807, 2.05) is 31.3 Å². The highest BCUT2D eigenvalue weighted by Gasteiger charge is 2.09. The molecule has 1 nitrogen and oxygen atoms in total. The molecule has 0 spiro atoms. The largest absolute Gasteiger partial charge is 0.313 e. The third-order valence-corrected chi connectivity index (χ3v) is 3.48. The number of rotatable bonds is 4. The molecule has 0 aromatic heterocycles. The van der Waals surface area contributed by atoms with Crippen LogP contribution in [0.4, 0.5) is 0 Å². The van der Waals surface area contributed by atoms with Gasteiger partial charge in [0.25, 0.3) is 0 Å². The Hall–Kier alpha value is -1.02. The highest BCUT2D eigenvalue weighted by Crippen LogP contribution is 2.21. The van der Waals surface area contributed by atoms with E-state index in [0.717, 1.165) is 16.5 Å². The molecule has 0 aliphatic rings. The molecular weight excluding hydrogens is 265 g/mol. The van der Waals surface area contributed by atoms with Crippen molar-refractivity contribution >= 4 is 23.2 Å². The molecule has 0 fully saturated rings. The molecule has 0 aliphatic heterocycles. The molecule has 1 unspecified atom stereocenters. The van der Waals surface area contributed by atoms with Crippen LogP contribution in [-0.4, -0.2) is 7.05 Å². The van der Waals surface area contributed by atoms with Gasteiger partial charge in [-0.1, -0.05) is 47.5 Å². The van der Waals surface area contributed by atoms with Crippen molar-refractivity contribution in [1.82, 2.24) is 5.32 Å². The summed E-state index contributed by atoms with van der Waals surface area (Å²) in [5.74, 6) is 0. The quantitative estimate of drug-likeness (QED) is 0.869. The van der Waals surface area contributed by atoms with Crippen molar-refractivity contribution in [3.63, 3.8) is 0 Å². The maximum absolute atomic E-state index is 5.90. The number of benzene rings is 2. The molecule has 0 radical (unpaired) electrons. The van der Waals surface area contributed by atoms with Gasteiger partial charge in [0.05, 0.1) is 0 Å². The van der Waals surface area contributed by atoms with Gasteiger partial charge in [0.2, 0.25) is 0 Å². The van der Waals surface area contributed by atoms with Crippen molar-refractivity contribution in [3.05, 3.63) is 69.7 Å². The Morgan fingerprint density at radius 2 is 1.39 bits per heavy atom. The predicted molar refractivity (Wildman–Crippen MR) is 78.4 cm³/mol. The van der Waals surface area contributed by atoms with E-state index in [1.54, 1.807) is 0 Å². The van der Waals surface area contributed by atoms with Crippen LogP contribution < -0.4 is 5.32 Å². The zero-order valence-electron chi connectivity index (χ0n) is 10.2. The van der Waals surface area contributed by atoms with E-state index in [1.165, 1.54) is 11.1 Å². The Morgan fingerprint density at radius 3 is 1.89 bits per heavy atom. The average Bonchev–Trinajstić information content (AvgIpc) is 2.39. The van der Waals surface area contributed by atoms with Gasteiger partial charge >= 0.3 is 0 Å². The normalized spacial score (nSPS) is 12.4. The van der Waals surface area contributed by atoms with Gasteiger partial charge in [0.1, 0.15) is 0 Å². The standard InChI is InChI=1S/C15H15Cl2N/c1-18-15(12-4-8-14(17)9-5-12)10-11-2-6-13(16)7-3-11/h2-9,15,18H,10H2,1H3. The van der Waals surface area contributed by atoms with Crippen LogP contribution in [0.3, 0.4) is 0 Å². The van der Waals surface area contributed by atoms with Crippen molar-refractivity contribution < 1.29 is 0 Å². The molecule has 18 heavy (non-hydrogen) atoms. The molecule has 1 atom stereocenters. The fourth-order valence-electron chi connectivity index (χ4n) is 1.94. The van der Waals surface area contributed by atoms with Gasteiger partial charge in [-0.25, -0.2) is 0 Å². The molecule has 1 N–H and O–H groups in total. The van der Waals surface area contributed by atoms with Crippen molar-refractivity contribution in [3.8, 4) is 0 Å². The Bertz CT molecular complexity index is 491. The SMILES string of the molecule is CNC(Cc1ccc(Cl)cc1)c1ccc(Cl)cc1. The van der Waals surface area contributed by atoms with Crippen LogP contribution in [0, 0.1) is 0 Å². The first-order chi connectivity index (χ1) is 8.69. The lowest BCUT2D eigenvalue weighted by Crippen LogP contribution is -2.18. The van der Waals surface area contributed by atoms with Gasteiger partial charge in [-0.2, -0.15) is 0 Å². The van der Waals surface area contributed by atoms with Crippen molar-refractivity contribution in [2.75, 3.05) is 7.05 Å². The lowest BCUT2D eigenvalue weighted by molar-refractivity contribution is 0.592. The first-order valence-corrected chi connectivity index (χ1v) is 6.62. The third-order valence-electron chi connectivity index (χ3n) is 2.97. The highest BCUT2D eigenvalue weighted by molar-refractivity contribution is 6.30. The van der Waals surface area contributed by atoms with Gasteiger partial charge < -0.3 is 5.32 Å². The van der Waals surface area contributed by atoms with Crippen molar-refractivity contribution in [2.24, 2.45) is 0 Å². The van der Waals surface area contributed by atoms with Crippen LogP contribution in [0.1, 0.15) is 17.2 Å². The molecule has 0 aliphatic carbocycles. The van der Waals surface area contributed by atoms with E-state index >= 15 is 0 Å². The molecule has 2 aromatic carbocycles. The summed E-state index contributed by atoms with van der Waals surface area (Å²) in [5, 5.41) is 4.86. The first kappa shape index (κ1) is 13.4. The number of halogens is 2. The Labute approximate surface area is 118 Å². The van der Waals surface area contributed by atoms with E-state index in [2.05, 4.69) is 29.6 Å². The highest BCUT2D eigenvalue weighted by atomic mass is 35.5. The van der Waals surface area contributed by atoms with E-state index in [0.29, 0.717) is 0 Å². The number of hydrogen-bond donors (Lipinski definition) is 1. The summed E-state index contributed by atoms with van der Waals surface area (Å²) < 4.78 is 0. The van der Waals surface area contributed by atoms with Crippen LogP contribution >= 0.6 is 23.2 Å². The second-order valence-electron chi connectivity index (χ2n) is 4.22. The zero-order chi connectivity index (χ0) is 13.0. The maximum Gasteiger partial charge on any atom is 0.0406 e. The Balaban J connectivity index is 2.14. The minimum absolute atomic E-state index is 0.281. The van der Waals surface area contributed by atoms with E-state index in [-0.39, 0.29) is 6.04 Å². The zero-order valence-corrected chi connectivity index (χ0v) is 11.7. The molecule has 0 heterocycles. The maximum atomic E-state index is 5.90. The predicted octanol–water partition coefficient (Wildman–Crippen LogP) is 4.50. The van der Waals surface area contributed by atoms with Crippen LogP contribution in [-0.2, 0) is 6.42 Å². The van der Waals surface area contributed by atoms with E-state index in [4.69, 9.17) is 23.2 Å². The molecule has 0 saturated carbocycles. The summed E-state index contributed by atoms with van der Waals surface area (Å²) in [7, 11) is 1.97. The van der Waals surface area contributed by atoms with Gasteiger partial charge in [0, 0.05) is 16.1 Å². The summed E-state index contributed by atoms with van der Waals surface area (Å²) in [5.41, 5.74) is 2.49. The molecule has 0 bridgehead atoms. The van der Waals surface area contributed by atoms with Crippen LogP contribution in [0.25, 0.3) is 0 Å². The topological polar surface area (TPSA) is 12.0 Å². The fourth-order valence-corrected chi connectivity index (χ4v) is 2.19. The second-order valence-corrected chi connectivity index (χ2v) is 5.10. The summed E-state index contributed by atoms with van der Waals surface area (Å²) in [4.78, 5) is 0. The van der Waals surface area contributed by atoms with Crippen LogP contribution in [0.5, 0.6) is 0 Å². The number of nitrogens with one attached hydrogen (secondary N) is 1. The lowest BCUT2D eigenvalue weighted by Gasteiger charge is -2.17. The first-order valence-electron chi connectivity index (χ1n) is 5.86. The minimum atomic E-state index is 0.281. The summed E-state index contributed by atoms with van der Waals surface area (Å²) in [6.45, 7) is 0. The van der Waals surface area contributed by atoms with Crippen LogP contribution in [0.15, 0.2) is 48.5 Å². The number of hydrogen-bond acceptors (Lipinski definition) is 1. The summed E-state index contributed by atoms with van der Waals surface area (Å²) in [6.07, 6.45) is 0.926. The average molecular weight is 280 g/mol. The minimum Gasteiger partial charge on any atom is -0.313 e. The van der Waals surface area contributed by atoms with Gasteiger partial charge in [-0.15, -0.1) is 0 Å². The van der Waals surface area contributed by atoms with Crippen molar-refractivity contribution in [2.45, 2.75) is 12.5 Å². The molecule has 0 saturated heterocycles. The number of likely N-dealkylation sites (N-methyl/N-ethyl adjacent to an activating group) is 1. The van der Waals surface area contributed by atoms with Crippen LogP contribution in [0.2, 0.25) is 10.0 Å². The Morgan fingerprint density at radius 1 is 0.889 bits per heavy atom. The van der Waals surface area contributed by atoms with Gasteiger partial charge in [-0.3, -0.25) is 0 Å². The second kappa shape index (κ2) is 6.24. The third kappa shape index (κ3) is 3.49. The monoisotopic (exact) mass is 279 g/mol. The van der Waals surface area contributed by atoms with E-state index < -0.39 is 0 Å². The lowest BCUT2D eigenvalue weighted by atomic mass is 9.99. The molecule has 0 amide bonds. The summed E-state index contributed by atoms with van der Waals surface area (Å²) in [6, 6.07) is 16.2. The molecule has 94 valence electrons. The molecule has 2 rings (SSSR count). The van der Waals surface area contributed by atoms with E-state index in [9.17, 15) is 0 Å².